The molecule has 0 spiro atoms. The average Bonchev–Trinajstić information content (AvgIpc) is 3.35. The number of carbonyl (C=O) groups is 3. The van der Waals surface area contributed by atoms with Gasteiger partial charge < -0.3 is 14.9 Å². The van der Waals surface area contributed by atoms with E-state index in [0.29, 0.717) is 11.1 Å². The van der Waals surface area contributed by atoms with Gasteiger partial charge in [0, 0.05) is 36.5 Å². The van der Waals surface area contributed by atoms with Crippen LogP contribution in [0.2, 0.25) is 0 Å². The van der Waals surface area contributed by atoms with E-state index >= 15 is 0 Å². The van der Waals surface area contributed by atoms with E-state index in [2.05, 4.69) is 0 Å². The van der Waals surface area contributed by atoms with Crippen LogP contribution in [0.25, 0.3) is 10.4 Å². The number of ketones is 1. The Morgan fingerprint density at radius 2 is 1.84 bits per heavy atom. The highest BCUT2D eigenvalue weighted by Crippen LogP contribution is 2.31. The fourth-order valence-electron chi connectivity index (χ4n) is 4.44. The second-order valence-corrected chi connectivity index (χ2v) is 9.05. The summed E-state index contributed by atoms with van der Waals surface area (Å²) in [6.45, 7) is 0.627. The van der Waals surface area contributed by atoms with Gasteiger partial charge in [0.2, 0.25) is 0 Å². The van der Waals surface area contributed by atoms with E-state index in [1.807, 2.05) is 41.8 Å². The number of thiophene rings is 1. The number of benzene rings is 2. The van der Waals surface area contributed by atoms with Crippen molar-refractivity contribution in [1.82, 2.24) is 9.80 Å². The van der Waals surface area contributed by atoms with Crippen molar-refractivity contribution in [2.75, 3.05) is 19.6 Å². The van der Waals surface area contributed by atoms with Crippen LogP contribution in [0, 0.1) is 0 Å². The highest BCUT2D eigenvalue weighted by molar-refractivity contribution is 7.13. The average molecular weight is 447 g/mol. The second-order valence-electron chi connectivity index (χ2n) is 8.10. The number of hydrogen-bond donors (Lipinski definition) is 1. The maximum Gasteiger partial charge on any atom is 0.256 e. The second kappa shape index (κ2) is 8.33. The molecule has 7 heteroatoms. The Labute approximate surface area is 189 Å². The zero-order valence-corrected chi connectivity index (χ0v) is 18.1. The summed E-state index contributed by atoms with van der Waals surface area (Å²) in [6.07, 6.45) is -1.14. The molecule has 2 aliphatic rings. The van der Waals surface area contributed by atoms with Gasteiger partial charge in [0.25, 0.3) is 11.8 Å². The number of nitrogens with zero attached hydrogens (tertiary/aromatic N) is 2. The van der Waals surface area contributed by atoms with Crippen LogP contribution >= 0.6 is 11.3 Å². The molecule has 5 rings (SSSR count). The fraction of sp³-hybridized carbons (Fsp3) is 0.240. The molecule has 0 saturated carbocycles. The van der Waals surface area contributed by atoms with Crippen LogP contribution in [0.15, 0.2) is 66.0 Å². The summed E-state index contributed by atoms with van der Waals surface area (Å²) in [5.74, 6) is -0.713. The molecule has 32 heavy (non-hydrogen) atoms. The van der Waals surface area contributed by atoms with Gasteiger partial charge in [-0.3, -0.25) is 14.4 Å². The highest BCUT2D eigenvalue weighted by atomic mass is 32.1. The van der Waals surface area contributed by atoms with Gasteiger partial charge in [0.05, 0.1) is 0 Å². The Balaban J connectivity index is 1.39. The maximum absolute atomic E-state index is 13.4. The first-order chi connectivity index (χ1) is 15.5. The molecule has 3 aromatic rings. The van der Waals surface area contributed by atoms with Crippen molar-refractivity contribution >= 4 is 28.9 Å². The minimum Gasteiger partial charge on any atom is -0.378 e. The molecule has 1 aromatic heterocycles. The zero-order valence-electron chi connectivity index (χ0n) is 17.3. The summed E-state index contributed by atoms with van der Waals surface area (Å²) < 4.78 is 0. The minimum absolute atomic E-state index is 0.0901. The highest BCUT2D eigenvalue weighted by Gasteiger charge is 2.41. The number of amides is 2. The quantitative estimate of drug-likeness (QED) is 0.671. The first kappa shape index (κ1) is 20.6. The van der Waals surface area contributed by atoms with Crippen molar-refractivity contribution in [1.29, 1.82) is 0 Å². The lowest BCUT2D eigenvalue weighted by atomic mass is 9.98. The van der Waals surface area contributed by atoms with Crippen molar-refractivity contribution in [2.45, 2.75) is 18.6 Å². The third-order valence-electron chi connectivity index (χ3n) is 6.18. The lowest BCUT2D eigenvalue weighted by Gasteiger charge is -2.40. The molecule has 0 unspecified atom stereocenters. The molecule has 162 valence electrons. The molecular formula is C25H22N2O4S. The van der Waals surface area contributed by atoms with E-state index in [9.17, 15) is 19.5 Å². The van der Waals surface area contributed by atoms with E-state index in [4.69, 9.17) is 0 Å². The van der Waals surface area contributed by atoms with E-state index in [-0.39, 0.29) is 37.7 Å². The van der Waals surface area contributed by atoms with Crippen LogP contribution in [-0.4, -0.2) is 58.2 Å². The first-order valence-corrected chi connectivity index (χ1v) is 11.4. The summed E-state index contributed by atoms with van der Waals surface area (Å²) >= 11 is 1.60. The predicted octanol–water partition coefficient (Wildman–Crippen LogP) is 2.93. The SMILES string of the molecule is O=C1Cc2ccc(-c3cccs3)cc2C(=O)N2CCN(C(=O)[C@@H](O)c3ccccc3)C[C@H]12. The fourth-order valence-corrected chi connectivity index (χ4v) is 5.16. The van der Waals surface area contributed by atoms with Crippen LogP contribution in [0.1, 0.15) is 27.6 Å². The molecule has 2 amide bonds. The zero-order chi connectivity index (χ0) is 22.2. The van der Waals surface area contributed by atoms with Gasteiger partial charge in [0.15, 0.2) is 11.9 Å². The molecule has 0 bridgehead atoms. The molecule has 2 aliphatic heterocycles. The van der Waals surface area contributed by atoms with Gasteiger partial charge in [-0.05, 0) is 34.2 Å². The minimum atomic E-state index is -1.29. The molecule has 2 aromatic carbocycles. The Morgan fingerprint density at radius 3 is 2.59 bits per heavy atom. The normalized spacial score (nSPS) is 19.2. The molecule has 1 N–H and O–H groups in total. The van der Waals surface area contributed by atoms with E-state index < -0.39 is 18.1 Å². The Kier molecular flexibility index (Phi) is 5.36. The predicted molar refractivity (Wildman–Crippen MR) is 121 cm³/mol. The van der Waals surface area contributed by atoms with Crippen LogP contribution < -0.4 is 0 Å². The van der Waals surface area contributed by atoms with Crippen molar-refractivity contribution in [3.8, 4) is 10.4 Å². The number of Topliss-reactive ketones (excluding diaryl/α,β-unsaturated/α-hetero) is 1. The summed E-state index contributed by atoms with van der Waals surface area (Å²) in [7, 11) is 0. The first-order valence-electron chi connectivity index (χ1n) is 10.5. The number of aliphatic hydroxyl groups is 1. The van der Waals surface area contributed by atoms with Gasteiger partial charge in [-0.1, -0.05) is 48.5 Å². The number of rotatable bonds is 3. The number of fused-ring (bicyclic) bond motifs is 2. The smallest absolute Gasteiger partial charge is 0.256 e. The van der Waals surface area contributed by atoms with Gasteiger partial charge in [-0.2, -0.15) is 0 Å². The summed E-state index contributed by atoms with van der Waals surface area (Å²) in [6, 6.07) is 17.7. The topological polar surface area (TPSA) is 77.9 Å². The molecule has 0 radical (unpaired) electrons. The van der Waals surface area contributed by atoms with Crippen molar-refractivity contribution < 1.29 is 19.5 Å². The maximum atomic E-state index is 13.4. The third kappa shape index (κ3) is 3.63. The number of piperazine rings is 1. The van der Waals surface area contributed by atoms with Gasteiger partial charge in [0.1, 0.15) is 6.04 Å². The lowest BCUT2D eigenvalue weighted by Crippen LogP contribution is -2.59. The molecule has 0 aliphatic carbocycles. The monoisotopic (exact) mass is 446 g/mol. The summed E-state index contributed by atoms with van der Waals surface area (Å²) in [5.41, 5.74) is 2.74. The molecule has 1 fully saturated rings. The van der Waals surface area contributed by atoms with Crippen LogP contribution in [-0.2, 0) is 16.0 Å². The van der Waals surface area contributed by atoms with Crippen LogP contribution in [0.4, 0.5) is 0 Å². The van der Waals surface area contributed by atoms with E-state index in [1.165, 1.54) is 4.90 Å². The van der Waals surface area contributed by atoms with E-state index in [0.717, 1.165) is 16.0 Å². The van der Waals surface area contributed by atoms with Crippen molar-refractivity contribution in [2.24, 2.45) is 0 Å². The van der Waals surface area contributed by atoms with Crippen LogP contribution in [0.3, 0.4) is 0 Å². The largest absolute Gasteiger partial charge is 0.378 e. The number of hydrogen-bond acceptors (Lipinski definition) is 5. The van der Waals surface area contributed by atoms with Crippen LogP contribution in [0.5, 0.6) is 0 Å². The molecule has 3 heterocycles. The Bertz CT molecular complexity index is 1180. The molecule has 6 nitrogen and oxygen atoms in total. The van der Waals surface area contributed by atoms with E-state index in [1.54, 1.807) is 40.5 Å². The third-order valence-corrected chi connectivity index (χ3v) is 7.10. The standard InChI is InChI=1S/C25H22N2O4S/c28-21-14-17-8-9-18(22-7-4-12-32-22)13-19(17)24(30)27-11-10-26(15-20(21)27)25(31)23(29)16-5-2-1-3-6-16/h1-9,12-13,20,23,29H,10-11,14-15H2/t20-,23+/m1/s1. The van der Waals surface area contributed by atoms with Crippen molar-refractivity contribution in [3.63, 3.8) is 0 Å². The Morgan fingerprint density at radius 1 is 1.03 bits per heavy atom. The van der Waals surface area contributed by atoms with Gasteiger partial charge in [-0.15, -0.1) is 11.3 Å². The molecule has 2 atom stereocenters. The summed E-state index contributed by atoms with van der Waals surface area (Å²) in [4.78, 5) is 43.5. The van der Waals surface area contributed by atoms with Crippen molar-refractivity contribution in [3.05, 3.63) is 82.7 Å². The number of aliphatic hydroxyl groups excluding tert-OH is 1. The molecular weight excluding hydrogens is 424 g/mol. The number of carbonyl (C=O) groups excluding carboxylic acids is 3. The van der Waals surface area contributed by atoms with Gasteiger partial charge >= 0.3 is 0 Å². The van der Waals surface area contributed by atoms with Gasteiger partial charge in [-0.25, -0.2) is 0 Å². The molecule has 1 saturated heterocycles. The summed E-state index contributed by atoms with van der Waals surface area (Å²) in [5, 5.41) is 12.5. The lowest BCUT2D eigenvalue weighted by molar-refractivity contribution is -0.144. The Hall–Kier alpha value is -3.29.